The average molecular weight is 271 g/mol. The quantitative estimate of drug-likeness (QED) is 0.403. The van der Waals surface area contributed by atoms with Crippen LogP contribution in [0.2, 0.25) is 0 Å². The number of nitrogens with two attached hydrogens (primary N) is 2. The Kier molecular flexibility index (Phi) is 3.71. The minimum Gasteiger partial charge on any atom is -0.457 e. The van der Waals surface area contributed by atoms with E-state index in [4.69, 9.17) is 15.2 Å². The van der Waals surface area contributed by atoms with E-state index in [1.807, 2.05) is 42.5 Å². The molecule has 0 fully saturated rings. The lowest BCUT2D eigenvalue weighted by atomic mass is 9.79. The van der Waals surface area contributed by atoms with E-state index < -0.39 is 7.12 Å². The maximum atomic E-state index is 9.67. The molecule has 3 rings (SSSR count). The Labute approximate surface area is 117 Å². The van der Waals surface area contributed by atoms with Gasteiger partial charge in [-0.25, -0.2) is 0 Å². The Morgan fingerprint density at radius 1 is 1.20 bits per heavy atom. The van der Waals surface area contributed by atoms with Crippen LogP contribution in [-0.4, -0.2) is 12.1 Å². The molecule has 0 radical (unpaired) electrons. The molecule has 0 unspecified atom stereocenters. The fraction of sp³-hybridized carbons (Fsp3) is 0.143. The van der Waals surface area contributed by atoms with Gasteiger partial charge in [0.25, 0.3) is 0 Å². The normalized spacial score (nSPS) is 13.4. The highest BCUT2D eigenvalue weighted by atomic mass is 16.5. The lowest BCUT2D eigenvalue weighted by Gasteiger charge is -2.08. The standard InChI is InChI=1S/C14H15BN2O3/c16-17-8-10-1-4-12(5-2-10)20-13-6-3-11-9-19-15(18)14(11)7-13/h1-7,17-18H,8-9,16H2/p+1. The number of benzene rings is 2. The third kappa shape index (κ3) is 2.68. The summed E-state index contributed by atoms with van der Waals surface area (Å²) in [4.78, 5) is 0. The zero-order valence-electron chi connectivity index (χ0n) is 11.0. The lowest BCUT2D eigenvalue weighted by Crippen LogP contribution is -2.89. The summed E-state index contributed by atoms with van der Waals surface area (Å²) < 4.78 is 10.9. The maximum absolute atomic E-state index is 9.67. The van der Waals surface area contributed by atoms with Crippen LogP contribution in [-0.2, 0) is 17.8 Å². The van der Waals surface area contributed by atoms with Crippen molar-refractivity contribution in [3.8, 4) is 11.5 Å². The predicted octanol–water partition coefficient (Wildman–Crippen LogP) is -0.366. The Morgan fingerprint density at radius 3 is 2.70 bits per heavy atom. The van der Waals surface area contributed by atoms with Crippen molar-refractivity contribution < 1.29 is 19.8 Å². The predicted molar refractivity (Wildman–Crippen MR) is 75.2 cm³/mol. The van der Waals surface area contributed by atoms with E-state index in [0.29, 0.717) is 12.4 Å². The number of ether oxygens (including phenoxy) is 1. The summed E-state index contributed by atoms with van der Waals surface area (Å²) >= 11 is 0. The summed E-state index contributed by atoms with van der Waals surface area (Å²) in [5.41, 5.74) is 4.53. The molecule has 0 amide bonds. The largest absolute Gasteiger partial charge is 0.491 e. The van der Waals surface area contributed by atoms with Gasteiger partial charge < -0.3 is 14.4 Å². The molecule has 2 aromatic rings. The Morgan fingerprint density at radius 2 is 1.95 bits per heavy atom. The topological polar surface area (TPSA) is 81.3 Å². The Balaban J connectivity index is 1.76. The number of rotatable bonds is 4. The molecule has 1 aliphatic rings. The van der Waals surface area contributed by atoms with Gasteiger partial charge in [0.1, 0.15) is 18.0 Å². The fourth-order valence-corrected chi connectivity index (χ4v) is 2.22. The maximum Gasteiger partial charge on any atom is 0.491 e. The second-order valence-electron chi connectivity index (χ2n) is 4.71. The van der Waals surface area contributed by atoms with Crippen LogP contribution in [0, 0.1) is 0 Å². The molecule has 0 aliphatic carbocycles. The smallest absolute Gasteiger partial charge is 0.457 e. The van der Waals surface area contributed by atoms with E-state index >= 15 is 0 Å². The molecule has 0 atom stereocenters. The molecular weight excluding hydrogens is 255 g/mol. The van der Waals surface area contributed by atoms with Gasteiger partial charge in [0.15, 0.2) is 0 Å². The minimum atomic E-state index is -0.851. The van der Waals surface area contributed by atoms with Crippen LogP contribution in [0.1, 0.15) is 11.1 Å². The van der Waals surface area contributed by atoms with Gasteiger partial charge in [-0.2, -0.15) is 5.84 Å². The highest BCUT2D eigenvalue weighted by Crippen LogP contribution is 2.23. The molecule has 0 spiro atoms. The van der Waals surface area contributed by atoms with Gasteiger partial charge in [0.2, 0.25) is 0 Å². The Hall–Kier alpha value is -1.86. The van der Waals surface area contributed by atoms with E-state index in [1.54, 1.807) is 5.43 Å². The van der Waals surface area contributed by atoms with Gasteiger partial charge in [-0.15, -0.1) is 0 Å². The second kappa shape index (κ2) is 5.64. The van der Waals surface area contributed by atoms with Crippen molar-refractivity contribution in [2.45, 2.75) is 13.2 Å². The van der Waals surface area contributed by atoms with Gasteiger partial charge in [-0.3, -0.25) is 5.43 Å². The molecule has 2 aromatic carbocycles. The molecule has 1 aliphatic heterocycles. The summed E-state index contributed by atoms with van der Waals surface area (Å²) in [5, 5.41) is 9.67. The second-order valence-corrected chi connectivity index (χ2v) is 4.71. The first-order valence-corrected chi connectivity index (χ1v) is 6.49. The molecule has 0 aromatic heterocycles. The van der Waals surface area contributed by atoms with Crippen LogP contribution in [0.3, 0.4) is 0 Å². The number of hydrogen-bond acceptors (Lipinski definition) is 4. The van der Waals surface area contributed by atoms with Gasteiger partial charge in [0, 0.05) is 5.56 Å². The minimum absolute atomic E-state index is 0.446. The monoisotopic (exact) mass is 271 g/mol. The van der Waals surface area contributed by atoms with E-state index in [9.17, 15) is 5.02 Å². The van der Waals surface area contributed by atoms with Gasteiger partial charge >= 0.3 is 7.12 Å². The first kappa shape index (κ1) is 13.1. The van der Waals surface area contributed by atoms with Crippen molar-refractivity contribution in [3.05, 3.63) is 53.6 Å². The van der Waals surface area contributed by atoms with Crippen LogP contribution in [0.15, 0.2) is 42.5 Å². The van der Waals surface area contributed by atoms with E-state index in [1.165, 1.54) is 0 Å². The summed E-state index contributed by atoms with van der Waals surface area (Å²) in [5.74, 6) is 6.83. The van der Waals surface area contributed by atoms with Crippen molar-refractivity contribution in [3.63, 3.8) is 0 Å². The fourth-order valence-electron chi connectivity index (χ4n) is 2.22. The molecule has 5 nitrogen and oxygen atoms in total. The zero-order valence-corrected chi connectivity index (χ0v) is 11.0. The van der Waals surface area contributed by atoms with E-state index in [-0.39, 0.29) is 0 Å². The first-order valence-electron chi connectivity index (χ1n) is 6.49. The molecule has 1 heterocycles. The van der Waals surface area contributed by atoms with Gasteiger partial charge in [0.05, 0.1) is 6.61 Å². The summed E-state index contributed by atoms with van der Waals surface area (Å²) in [6.07, 6.45) is 0. The van der Waals surface area contributed by atoms with E-state index in [0.717, 1.165) is 28.9 Å². The lowest BCUT2D eigenvalue weighted by molar-refractivity contribution is -0.683. The molecule has 0 bridgehead atoms. The Bertz CT molecular complexity index is 604. The van der Waals surface area contributed by atoms with Gasteiger partial charge in [-0.05, 0) is 47.4 Å². The molecule has 20 heavy (non-hydrogen) atoms. The van der Waals surface area contributed by atoms with Crippen LogP contribution in [0.25, 0.3) is 0 Å². The van der Waals surface area contributed by atoms with Crippen molar-refractivity contribution in [2.24, 2.45) is 5.84 Å². The summed E-state index contributed by atoms with van der Waals surface area (Å²) in [7, 11) is -0.851. The molecular formula is C14H16BN2O3+. The third-order valence-electron chi connectivity index (χ3n) is 3.29. The van der Waals surface area contributed by atoms with Crippen LogP contribution < -0.4 is 21.5 Å². The van der Waals surface area contributed by atoms with Crippen LogP contribution in [0.5, 0.6) is 11.5 Å². The first-order chi connectivity index (χ1) is 9.76. The number of quaternary nitrogens is 1. The molecule has 5 N–H and O–H groups in total. The third-order valence-corrected chi connectivity index (χ3v) is 3.29. The summed E-state index contributed by atoms with van der Waals surface area (Å²) in [6.45, 7) is 1.18. The van der Waals surface area contributed by atoms with Crippen molar-refractivity contribution >= 4 is 12.6 Å². The zero-order chi connectivity index (χ0) is 13.9. The van der Waals surface area contributed by atoms with Crippen molar-refractivity contribution in [1.29, 1.82) is 0 Å². The van der Waals surface area contributed by atoms with E-state index in [2.05, 4.69) is 0 Å². The average Bonchev–Trinajstić information content (AvgIpc) is 2.83. The summed E-state index contributed by atoms with van der Waals surface area (Å²) in [6, 6.07) is 13.4. The van der Waals surface area contributed by atoms with Crippen molar-refractivity contribution in [1.82, 2.24) is 0 Å². The molecule has 102 valence electrons. The van der Waals surface area contributed by atoms with Crippen molar-refractivity contribution in [2.75, 3.05) is 0 Å². The molecule has 0 saturated heterocycles. The highest BCUT2D eigenvalue weighted by Gasteiger charge is 2.27. The van der Waals surface area contributed by atoms with Crippen LogP contribution in [0.4, 0.5) is 0 Å². The number of fused-ring (bicyclic) bond motifs is 1. The highest BCUT2D eigenvalue weighted by molar-refractivity contribution is 6.61. The van der Waals surface area contributed by atoms with Gasteiger partial charge in [-0.1, -0.05) is 6.07 Å². The SMILES string of the molecule is N[NH2+]Cc1ccc(Oc2ccc3c(c2)B(O)OC3)cc1. The van der Waals surface area contributed by atoms with Crippen LogP contribution >= 0.6 is 0 Å². The number of hydrogen-bond donors (Lipinski definition) is 3. The molecule has 0 saturated carbocycles. The molecule has 6 heteroatoms.